The topological polar surface area (TPSA) is 99.6 Å². The monoisotopic (exact) mass is 413 g/mol. The summed E-state index contributed by atoms with van der Waals surface area (Å²) in [7, 11) is 4.19. The Labute approximate surface area is 171 Å². The van der Waals surface area contributed by atoms with Crippen molar-refractivity contribution in [2.45, 2.75) is 6.92 Å². The van der Waals surface area contributed by atoms with E-state index >= 15 is 0 Å². The lowest BCUT2D eigenvalue weighted by Crippen LogP contribution is -2.15. The van der Waals surface area contributed by atoms with E-state index in [1.165, 1.54) is 44.8 Å². The van der Waals surface area contributed by atoms with E-state index in [0.717, 1.165) is 5.56 Å². The second-order valence-corrected chi connectivity index (χ2v) is 6.87. The van der Waals surface area contributed by atoms with Gasteiger partial charge in [0, 0.05) is 30.1 Å². The number of nitrogens with zero attached hydrogens (tertiary/aromatic N) is 2. The molecule has 0 aliphatic carbocycles. The van der Waals surface area contributed by atoms with Crippen LogP contribution in [0.1, 0.15) is 25.7 Å². The summed E-state index contributed by atoms with van der Waals surface area (Å²) in [5.74, 6) is -0.294. The average Bonchev–Trinajstić information content (AvgIpc) is 3.15. The van der Waals surface area contributed by atoms with Gasteiger partial charge >= 0.3 is 5.97 Å². The van der Waals surface area contributed by atoms with E-state index in [1.807, 2.05) is 6.07 Å². The van der Waals surface area contributed by atoms with Crippen LogP contribution in [0.15, 0.2) is 36.7 Å². The molecule has 0 atom stereocenters. The molecule has 3 aromatic rings. The van der Waals surface area contributed by atoms with E-state index in [-0.39, 0.29) is 11.3 Å². The van der Waals surface area contributed by atoms with Crippen LogP contribution in [0.5, 0.6) is 11.5 Å². The van der Waals surface area contributed by atoms with Gasteiger partial charge in [-0.25, -0.2) is 9.78 Å². The largest absolute Gasteiger partial charge is 0.493 e. The fourth-order valence-corrected chi connectivity index (χ4v) is 3.61. The van der Waals surface area contributed by atoms with Gasteiger partial charge in [0.2, 0.25) is 0 Å². The third-order valence-corrected chi connectivity index (χ3v) is 5.29. The van der Waals surface area contributed by atoms with E-state index in [9.17, 15) is 9.59 Å². The first-order valence-corrected chi connectivity index (χ1v) is 9.33. The lowest BCUT2D eigenvalue weighted by molar-refractivity contribution is 0.0601. The molecule has 29 heavy (non-hydrogen) atoms. The van der Waals surface area contributed by atoms with Crippen LogP contribution in [-0.4, -0.2) is 43.2 Å². The number of hydrogen-bond donors (Lipinski definition) is 1. The minimum absolute atomic E-state index is 0.146. The highest BCUT2D eigenvalue weighted by atomic mass is 32.1. The number of aromatic nitrogens is 2. The third kappa shape index (κ3) is 4.19. The van der Waals surface area contributed by atoms with Gasteiger partial charge in [-0.3, -0.25) is 9.78 Å². The number of carbonyl (C=O) groups is 2. The number of methoxy groups -OCH3 is 3. The molecule has 1 amide bonds. The van der Waals surface area contributed by atoms with Crippen molar-refractivity contribution >= 4 is 28.9 Å². The summed E-state index contributed by atoms with van der Waals surface area (Å²) in [5, 5.41) is 3.43. The summed E-state index contributed by atoms with van der Waals surface area (Å²) in [6.07, 6.45) is 3.35. The number of aryl methyl sites for hydroxylation is 1. The van der Waals surface area contributed by atoms with Gasteiger partial charge in [0.25, 0.3) is 5.91 Å². The number of carbonyl (C=O) groups excluding carboxylic acids is 2. The van der Waals surface area contributed by atoms with Crippen LogP contribution < -0.4 is 14.8 Å². The number of pyridine rings is 1. The first-order chi connectivity index (χ1) is 14.0. The number of nitrogens with one attached hydrogen (secondary N) is 1. The van der Waals surface area contributed by atoms with E-state index in [1.54, 1.807) is 25.4 Å². The van der Waals surface area contributed by atoms with Crippen LogP contribution in [0.25, 0.3) is 10.6 Å². The van der Waals surface area contributed by atoms with Gasteiger partial charge in [-0.15, -0.1) is 11.3 Å². The third-order valence-electron chi connectivity index (χ3n) is 4.09. The average molecular weight is 413 g/mol. The summed E-state index contributed by atoms with van der Waals surface area (Å²) in [6, 6.07) is 6.65. The smallest absolute Gasteiger partial charge is 0.340 e. The van der Waals surface area contributed by atoms with Crippen molar-refractivity contribution in [2.24, 2.45) is 0 Å². The Morgan fingerprint density at radius 1 is 1.10 bits per heavy atom. The summed E-state index contributed by atoms with van der Waals surface area (Å²) < 4.78 is 15.3. The molecule has 0 aliphatic rings. The minimum atomic E-state index is -0.613. The van der Waals surface area contributed by atoms with Gasteiger partial charge in [0.05, 0.1) is 38.3 Å². The zero-order valence-corrected chi connectivity index (χ0v) is 17.1. The van der Waals surface area contributed by atoms with Gasteiger partial charge < -0.3 is 19.5 Å². The van der Waals surface area contributed by atoms with Crippen molar-refractivity contribution in [1.29, 1.82) is 0 Å². The zero-order valence-electron chi connectivity index (χ0n) is 16.3. The van der Waals surface area contributed by atoms with Crippen LogP contribution >= 0.6 is 11.3 Å². The highest BCUT2D eigenvalue weighted by molar-refractivity contribution is 7.17. The lowest BCUT2D eigenvalue weighted by Gasteiger charge is -2.14. The number of hydrogen-bond acceptors (Lipinski definition) is 8. The fraction of sp³-hybridized carbons (Fsp3) is 0.200. The van der Waals surface area contributed by atoms with Crippen LogP contribution in [-0.2, 0) is 4.74 Å². The van der Waals surface area contributed by atoms with Gasteiger partial charge in [0.1, 0.15) is 9.88 Å². The van der Waals surface area contributed by atoms with E-state index in [4.69, 9.17) is 14.2 Å². The molecular weight excluding hydrogens is 394 g/mol. The standard InChI is InChI=1S/C20H19N3O5S/c1-11-17(29-19(22-11)12-6-5-7-21-10-12)18(24)23-14-9-16(27-3)15(26-2)8-13(14)20(25)28-4/h5-10H,1-4H3,(H,23,24). The molecule has 9 heteroatoms. The molecule has 0 saturated heterocycles. The van der Waals surface area contributed by atoms with Crippen molar-refractivity contribution < 1.29 is 23.8 Å². The molecule has 1 aromatic carbocycles. The Kier molecular flexibility index (Phi) is 6.08. The Hall–Kier alpha value is -3.46. The summed E-state index contributed by atoms with van der Waals surface area (Å²) in [4.78, 5) is 34.1. The van der Waals surface area contributed by atoms with Crippen LogP contribution in [0.4, 0.5) is 5.69 Å². The predicted molar refractivity (Wildman–Crippen MR) is 109 cm³/mol. The number of benzene rings is 1. The second kappa shape index (κ2) is 8.70. The first-order valence-electron chi connectivity index (χ1n) is 8.52. The zero-order chi connectivity index (χ0) is 21.0. The number of ether oxygens (including phenoxy) is 3. The summed E-state index contributed by atoms with van der Waals surface area (Å²) >= 11 is 1.24. The molecule has 2 heterocycles. The van der Waals surface area contributed by atoms with E-state index in [0.29, 0.717) is 27.1 Å². The van der Waals surface area contributed by atoms with Crippen molar-refractivity contribution in [2.75, 3.05) is 26.6 Å². The summed E-state index contributed by atoms with van der Waals surface area (Å²) in [5.41, 5.74) is 1.79. The fourth-order valence-electron chi connectivity index (χ4n) is 2.66. The minimum Gasteiger partial charge on any atom is -0.493 e. The molecule has 1 N–H and O–H groups in total. The Morgan fingerprint density at radius 2 is 1.83 bits per heavy atom. The Bertz CT molecular complexity index is 1050. The maximum atomic E-state index is 12.9. The van der Waals surface area contributed by atoms with E-state index in [2.05, 4.69) is 15.3 Å². The molecular formula is C20H19N3O5S. The molecule has 150 valence electrons. The van der Waals surface area contributed by atoms with Crippen molar-refractivity contribution in [1.82, 2.24) is 9.97 Å². The number of thiazole rings is 1. The maximum absolute atomic E-state index is 12.9. The van der Waals surface area contributed by atoms with Gasteiger partial charge in [-0.2, -0.15) is 0 Å². The normalized spacial score (nSPS) is 10.3. The molecule has 8 nitrogen and oxygen atoms in total. The van der Waals surface area contributed by atoms with Gasteiger partial charge in [-0.05, 0) is 19.1 Å². The lowest BCUT2D eigenvalue weighted by atomic mass is 10.1. The molecule has 0 saturated carbocycles. The molecule has 0 radical (unpaired) electrons. The number of esters is 1. The maximum Gasteiger partial charge on any atom is 0.340 e. The first kappa shape index (κ1) is 20.3. The SMILES string of the molecule is COC(=O)c1cc(OC)c(OC)cc1NC(=O)c1sc(-c2cccnc2)nc1C. The quantitative estimate of drug-likeness (QED) is 0.617. The number of anilines is 1. The molecule has 0 fully saturated rings. The molecule has 0 unspecified atom stereocenters. The molecule has 3 rings (SSSR count). The van der Waals surface area contributed by atoms with Crippen LogP contribution in [0, 0.1) is 6.92 Å². The highest BCUT2D eigenvalue weighted by Crippen LogP contribution is 2.35. The molecule has 0 bridgehead atoms. The Morgan fingerprint density at radius 3 is 2.45 bits per heavy atom. The van der Waals surface area contributed by atoms with Crippen LogP contribution in [0.2, 0.25) is 0 Å². The van der Waals surface area contributed by atoms with Crippen molar-refractivity contribution in [3.05, 3.63) is 52.8 Å². The predicted octanol–water partition coefficient (Wildman–Crippen LogP) is 3.57. The number of amides is 1. The summed E-state index contributed by atoms with van der Waals surface area (Å²) in [6.45, 7) is 1.75. The second-order valence-electron chi connectivity index (χ2n) is 5.87. The molecule has 2 aromatic heterocycles. The van der Waals surface area contributed by atoms with E-state index < -0.39 is 11.9 Å². The molecule has 0 spiro atoms. The van der Waals surface area contributed by atoms with Crippen molar-refractivity contribution in [3.8, 4) is 22.1 Å². The van der Waals surface area contributed by atoms with Gasteiger partial charge in [0.15, 0.2) is 11.5 Å². The molecule has 0 aliphatic heterocycles. The van der Waals surface area contributed by atoms with Crippen molar-refractivity contribution in [3.63, 3.8) is 0 Å². The number of rotatable bonds is 6. The highest BCUT2D eigenvalue weighted by Gasteiger charge is 2.22. The van der Waals surface area contributed by atoms with Crippen LogP contribution in [0.3, 0.4) is 0 Å². The Balaban J connectivity index is 1.96. The van der Waals surface area contributed by atoms with Gasteiger partial charge in [-0.1, -0.05) is 0 Å².